The molecule has 0 aromatic heterocycles. The Hall–Kier alpha value is -1.05. The Kier molecular flexibility index (Phi) is 9.68. The molecule has 2 rings (SSSR count). The second-order valence-electron chi connectivity index (χ2n) is 6.00. The Morgan fingerprint density at radius 2 is 1.77 bits per heavy atom. The molecule has 0 atom stereocenters. The summed E-state index contributed by atoms with van der Waals surface area (Å²) in [7, 11) is -4.43. The van der Waals surface area contributed by atoms with Crippen LogP contribution in [0.5, 0.6) is 17.2 Å². The molecule has 0 spiro atoms. The Balaban J connectivity index is 0.00000338. The molecule has 0 unspecified atom stereocenters. The topological polar surface area (TPSA) is 86.7 Å². The third-order valence-electron chi connectivity index (χ3n) is 3.89. The quantitative estimate of drug-likeness (QED) is 0.399. The summed E-state index contributed by atoms with van der Waals surface area (Å²) in [6.07, 6.45) is 6.31. The van der Waals surface area contributed by atoms with E-state index in [9.17, 15) is 18.1 Å². The fourth-order valence-electron chi connectivity index (χ4n) is 2.59. The standard InChI is InChI=1S/C19H24O5S.Na/c1-2-3-4-5-6-8-15-11-12-18(19(13-15)25(21,22)23)24-17-10-7-9-16(20)14-17;/h7,9-14,20H,2-6,8H2,1H3,(H,21,22,23);/q;+1/p-1. The van der Waals surface area contributed by atoms with Gasteiger partial charge in [0, 0.05) is 0 Å². The first-order chi connectivity index (χ1) is 11.9. The third kappa shape index (κ3) is 7.29. The summed E-state index contributed by atoms with van der Waals surface area (Å²) in [5, 5.41) is 11.4. The number of rotatable bonds is 9. The van der Waals surface area contributed by atoms with Crippen LogP contribution in [0.25, 0.3) is 0 Å². The van der Waals surface area contributed by atoms with Gasteiger partial charge in [-0.2, -0.15) is 8.42 Å². The van der Waals surface area contributed by atoms with Crippen molar-refractivity contribution in [2.75, 3.05) is 0 Å². The van der Waals surface area contributed by atoms with Gasteiger partial charge in [0.1, 0.15) is 16.4 Å². The minimum absolute atomic E-state index is 0. The van der Waals surface area contributed by atoms with Crippen molar-refractivity contribution in [2.45, 2.75) is 50.3 Å². The van der Waals surface area contributed by atoms with Crippen molar-refractivity contribution in [3.63, 3.8) is 0 Å². The predicted octanol–water partition coefficient (Wildman–Crippen LogP) is 1.32. The maximum absolute atomic E-state index is 11.7. The fraction of sp³-hybridized carbons (Fsp3) is 0.368. The minimum atomic E-state index is -4.43. The van der Waals surface area contributed by atoms with Gasteiger partial charge >= 0.3 is 29.6 Å². The molecule has 0 aliphatic rings. The van der Waals surface area contributed by atoms with E-state index in [0.29, 0.717) is 0 Å². The molecular formula is C19H23NaO5S. The van der Waals surface area contributed by atoms with Gasteiger partial charge in [-0.05, 0) is 42.7 Å². The SMILES string of the molecule is CCCCCCCc1ccc(Oc2cccc([O-])c2)c(S(=O)(=O)O)c1.[Na+]. The van der Waals surface area contributed by atoms with Crippen LogP contribution >= 0.6 is 0 Å². The van der Waals surface area contributed by atoms with Gasteiger partial charge in [0.15, 0.2) is 0 Å². The number of hydrogen-bond acceptors (Lipinski definition) is 4. The molecule has 7 heteroatoms. The Morgan fingerprint density at radius 3 is 2.42 bits per heavy atom. The van der Waals surface area contributed by atoms with Gasteiger partial charge in [-0.25, -0.2) is 0 Å². The summed E-state index contributed by atoms with van der Waals surface area (Å²) < 4.78 is 38.4. The van der Waals surface area contributed by atoms with Crippen LogP contribution in [0.1, 0.15) is 44.6 Å². The van der Waals surface area contributed by atoms with Gasteiger partial charge < -0.3 is 9.84 Å². The molecule has 0 radical (unpaired) electrons. The maximum Gasteiger partial charge on any atom is 1.00 e. The molecule has 0 amide bonds. The predicted molar refractivity (Wildman–Crippen MR) is 94.7 cm³/mol. The summed E-state index contributed by atoms with van der Waals surface area (Å²) in [6.45, 7) is 2.15. The normalized spacial score (nSPS) is 11.0. The van der Waals surface area contributed by atoms with Gasteiger partial charge in [0.25, 0.3) is 10.1 Å². The second-order valence-corrected chi connectivity index (χ2v) is 7.39. The summed E-state index contributed by atoms with van der Waals surface area (Å²) in [5.74, 6) is -0.0119. The van der Waals surface area contributed by atoms with Crippen molar-refractivity contribution in [3.05, 3.63) is 48.0 Å². The average molecular weight is 386 g/mol. The molecule has 26 heavy (non-hydrogen) atoms. The Morgan fingerprint density at radius 1 is 1.04 bits per heavy atom. The summed E-state index contributed by atoms with van der Waals surface area (Å²) in [6, 6.07) is 10.4. The largest absolute Gasteiger partial charge is 1.00 e. The van der Waals surface area contributed by atoms with Gasteiger partial charge in [0.2, 0.25) is 0 Å². The maximum atomic E-state index is 11.7. The van der Waals surface area contributed by atoms with Crippen LogP contribution in [0, 0.1) is 0 Å². The molecular weight excluding hydrogens is 363 g/mol. The smallest absolute Gasteiger partial charge is 0.872 e. The van der Waals surface area contributed by atoms with Crippen molar-refractivity contribution >= 4 is 10.1 Å². The van der Waals surface area contributed by atoms with Crippen LogP contribution in [0.4, 0.5) is 0 Å². The van der Waals surface area contributed by atoms with Crippen LogP contribution in [0.15, 0.2) is 47.4 Å². The van der Waals surface area contributed by atoms with Crippen LogP contribution in [0.2, 0.25) is 0 Å². The molecule has 0 fully saturated rings. The van der Waals surface area contributed by atoms with Crippen molar-refractivity contribution in [1.82, 2.24) is 0 Å². The summed E-state index contributed by atoms with van der Waals surface area (Å²) in [4.78, 5) is -0.283. The first-order valence-corrected chi connectivity index (χ1v) is 9.89. The molecule has 0 aliphatic carbocycles. The number of aryl methyl sites for hydroxylation is 1. The van der Waals surface area contributed by atoms with E-state index in [1.165, 1.54) is 43.2 Å². The van der Waals surface area contributed by atoms with Gasteiger partial charge in [-0.1, -0.05) is 50.8 Å². The molecule has 0 saturated carbocycles. The van der Waals surface area contributed by atoms with E-state index in [1.807, 2.05) is 0 Å². The average Bonchev–Trinajstić information content (AvgIpc) is 2.55. The van der Waals surface area contributed by atoms with Gasteiger partial charge in [0.05, 0.1) is 0 Å². The van der Waals surface area contributed by atoms with Crippen molar-refractivity contribution in [1.29, 1.82) is 0 Å². The molecule has 2 aromatic carbocycles. The molecule has 2 aromatic rings. The molecule has 0 bridgehead atoms. The van der Waals surface area contributed by atoms with E-state index < -0.39 is 10.1 Å². The number of hydrogen-bond donors (Lipinski definition) is 1. The number of benzene rings is 2. The van der Waals surface area contributed by atoms with E-state index in [-0.39, 0.29) is 51.7 Å². The Labute approximate surface area is 177 Å². The minimum Gasteiger partial charge on any atom is -0.872 e. The van der Waals surface area contributed by atoms with E-state index in [2.05, 4.69) is 6.92 Å². The van der Waals surface area contributed by atoms with Gasteiger partial charge in [-0.15, -0.1) is 5.75 Å². The van der Waals surface area contributed by atoms with E-state index in [0.717, 1.165) is 31.2 Å². The zero-order valence-corrected chi connectivity index (χ0v) is 18.1. The number of ether oxygens (including phenoxy) is 1. The van der Waals surface area contributed by atoms with E-state index >= 15 is 0 Å². The molecule has 0 saturated heterocycles. The Bertz CT molecular complexity index is 805. The summed E-state index contributed by atoms with van der Waals surface area (Å²) in [5.41, 5.74) is 0.828. The van der Waals surface area contributed by atoms with Crippen LogP contribution < -0.4 is 39.4 Å². The van der Waals surface area contributed by atoms with E-state index in [1.54, 1.807) is 12.1 Å². The van der Waals surface area contributed by atoms with Crippen molar-refractivity contribution in [2.24, 2.45) is 0 Å². The zero-order chi connectivity index (χ0) is 18.3. The second kappa shape index (κ2) is 10.9. The first-order valence-electron chi connectivity index (χ1n) is 8.45. The monoisotopic (exact) mass is 386 g/mol. The molecule has 5 nitrogen and oxygen atoms in total. The van der Waals surface area contributed by atoms with Crippen LogP contribution in [0.3, 0.4) is 0 Å². The van der Waals surface area contributed by atoms with Gasteiger partial charge in [-0.3, -0.25) is 4.55 Å². The molecule has 0 heterocycles. The third-order valence-corrected chi connectivity index (χ3v) is 4.76. The fourth-order valence-corrected chi connectivity index (χ4v) is 3.26. The van der Waals surface area contributed by atoms with Crippen LogP contribution in [-0.2, 0) is 16.5 Å². The molecule has 1 N–H and O–H groups in total. The molecule has 0 aliphatic heterocycles. The van der Waals surface area contributed by atoms with E-state index in [4.69, 9.17) is 4.74 Å². The van der Waals surface area contributed by atoms with Crippen LogP contribution in [-0.4, -0.2) is 13.0 Å². The summed E-state index contributed by atoms with van der Waals surface area (Å²) >= 11 is 0. The van der Waals surface area contributed by atoms with Crippen molar-refractivity contribution in [3.8, 4) is 17.2 Å². The molecule has 136 valence electrons. The van der Waals surface area contributed by atoms with Crippen molar-refractivity contribution < 1.29 is 52.4 Å². The first kappa shape index (κ1) is 23.0. The zero-order valence-electron chi connectivity index (χ0n) is 15.3. The number of unbranched alkanes of at least 4 members (excludes halogenated alkanes) is 4.